The maximum absolute atomic E-state index is 5.62. The number of nitrogens with zero attached hydrogens (tertiary/aromatic N) is 1. The Kier molecular flexibility index (Phi) is 3.62. The van der Waals surface area contributed by atoms with E-state index in [-0.39, 0.29) is 0 Å². The van der Waals surface area contributed by atoms with Crippen molar-refractivity contribution in [2.24, 2.45) is 0 Å². The maximum atomic E-state index is 5.62. The van der Waals surface area contributed by atoms with Gasteiger partial charge in [-0.1, -0.05) is 18.2 Å². The first kappa shape index (κ1) is 10.5. The molecule has 1 fully saturated rings. The van der Waals surface area contributed by atoms with Crippen molar-refractivity contribution in [1.82, 2.24) is 4.90 Å². The minimum Gasteiger partial charge on any atom is -0.494 e. The Hall–Kier alpha value is -1.02. The van der Waals surface area contributed by atoms with E-state index >= 15 is 0 Å². The predicted octanol–water partition coefficient (Wildman–Crippen LogP) is 2.68. The van der Waals surface area contributed by atoms with Gasteiger partial charge in [0.05, 0.1) is 6.61 Å². The first-order chi connectivity index (χ1) is 7.40. The molecule has 1 aliphatic heterocycles. The molecule has 1 saturated heterocycles. The SMILES string of the molecule is CCOc1ccccc1CN1CCCC1. The number of rotatable bonds is 4. The molecule has 0 radical (unpaired) electrons. The summed E-state index contributed by atoms with van der Waals surface area (Å²) in [6, 6.07) is 8.37. The second kappa shape index (κ2) is 5.17. The molecule has 0 bridgehead atoms. The number of ether oxygens (including phenoxy) is 1. The smallest absolute Gasteiger partial charge is 0.123 e. The molecule has 1 aromatic rings. The van der Waals surface area contributed by atoms with Crippen molar-refractivity contribution in [2.45, 2.75) is 26.3 Å². The largest absolute Gasteiger partial charge is 0.494 e. The lowest BCUT2D eigenvalue weighted by atomic mass is 10.2. The summed E-state index contributed by atoms with van der Waals surface area (Å²) in [5.41, 5.74) is 1.32. The summed E-state index contributed by atoms with van der Waals surface area (Å²) in [7, 11) is 0. The van der Waals surface area contributed by atoms with Crippen LogP contribution in [0.3, 0.4) is 0 Å². The molecule has 0 saturated carbocycles. The van der Waals surface area contributed by atoms with Gasteiger partial charge in [-0.25, -0.2) is 0 Å². The zero-order chi connectivity index (χ0) is 10.5. The molecular formula is C13H19NO. The van der Waals surface area contributed by atoms with Crippen LogP contribution >= 0.6 is 0 Å². The summed E-state index contributed by atoms with van der Waals surface area (Å²) in [6.07, 6.45) is 2.69. The third-order valence-corrected chi connectivity index (χ3v) is 2.87. The van der Waals surface area contributed by atoms with Gasteiger partial charge in [-0.15, -0.1) is 0 Å². The molecule has 15 heavy (non-hydrogen) atoms. The van der Waals surface area contributed by atoms with E-state index in [1.54, 1.807) is 0 Å². The molecule has 0 spiro atoms. The summed E-state index contributed by atoms with van der Waals surface area (Å²) in [5, 5.41) is 0. The Balaban J connectivity index is 2.05. The van der Waals surface area contributed by atoms with Crippen LogP contribution in [0.4, 0.5) is 0 Å². The fourth-order valence-corrected chi connectivity index (χ4v) is 2.11. The van der Waals surface area contributed by atoms with Gasteiger partial charge in [0.25, 0.3) is 0 Å². The van der Waals surface area contributed by atoms with Crippen molar-refractivity contribution in [3.8, 4) is 5.75 Å². The second-order valence-corrected chi connectivity index (χ2v) is 4.02. The molecule has 0 aromatic heterocycles. The molecule has 0 atom stereocenters. The Bertz CT molecular complexity index is 305. The van der Waals surface area contributed by atoms with E-state index in [0.29, 0.717) is 0 Å². The summed E-state index contributed by atoms with van der Waals surface area (Å²) in [4.78, 5) is 2.50. The Morgan fingerprint density at radius 1 is 1.20 bits per heavy atom. The van der Waals surface area contributed by atoms with E-state index in [1.807, 2.05) is 13.0 Å². The van der Waals surface area contributed by atoms with Crippen molar-refractivity contribution in [3.05, 3.63) is 29.8 Å². The summed E-state index contributed by atoms with van der Waals surface area (Å²) < 4.78 is 5.62. The monoisotopic (exact) mass is 205 g/mol. The second-order valence-electron chi connectivity index (χ2n) is 4.02. The molecule has 2 heteroatoms. The van der Waals surface area contributed by atoms with Crippen molar-refractivity contribution in [1.29, 1.82) is 0 Å². The molecular weight excluding hydrogens is 186 g/mol. The Morgan fingerprint density at radius 3 is 2.67 bits per heavy atom. The normalized spacial score (nSPS) is 16.9. The van der Waals surface area contributed by atoms with E-state index < -0.39 is 0 Å². The third-order valence-electron chi connectivity index (χ3n) is 2.87. The summed E-state index contributed by atoms with van der Waals surface area (Å²) in [5.74, 6) is 1.05. The number of likely N-dealkylation sites (tertiary alicyclic amines) is 1. The van der Waals surface area contributed by atoms with Gasteiger partial charge in [0.15, 0.2) is 0 Å². The molecule has 1 aliphatic rings. The average Bonchev–Trinajstić information content (AvgIpc) is 2.74. The van der Waals surface area contributed by atoms with Crippen LogP contribution in [-0.4, -0.2) is 24.6 Å². The van der Waals surface area contributed by atoms with Gasteiger partial charge in [-0.05, 0) is 38.9 Å². The lowest BCUT2D eigenvalue weighted by Gasteiger charge is -2.17. The minimum atomic E-state index is 0.747. The van der Waals surface area contributed by atoms with E-state index in [1.165, 1.54) is 31.5 Å². The van der Waals surface area contributed by atoms with E-state index in [4.69, 9.17) is 4.74 Å². The maximum Gasteiger partial charge on any atom is 0.123 e. The molecule has 2 nitrogen and oxygen atoms in total. The zero-order valence-corrected chi connectivity index (χ0v) is 9.41. The van der Waals surface area contributed by atoms with Gasteiger partial charge in [0, 0.05) is 12.1 Å². The third kappa shape index (κ3) is 2.72. The predicted molar refractivity (Wildman–Crippen MR) is 62.1 cm³/mol. The molecule has 0 amide bonds. The highest BCUT2D eigenvalue weighted by Gasteiger charge is 2.13. The van der Waals surface area contributed by atoms with Gasteiger partial charge in [0.1, 0.15) is 5.75 Å². The number of benzene rings is 1. The van der Waals surface area contributed by atoms with Crippen molar-refractivity contribution in [3.63, 3.8) is 0 Å². The molecule has 82 valence electrons. The van der Waals surface area contributed by atoms with Gasteiger partial charge < -0.3 is 4.74 Å². The van der Waals surface area contributed by atoms with Crippen molar-refractivity contribution in [2.75, 3.05) is 19.7 Å². The quantitative estimate of drug-likeness (QED) is 0.749. The highest BCUT2D eigenvalue weighted by atomic mass is 16.5. The van der Waals surface area contributed by atoms with Crippen molar-refractivity contribution >= 4 is 0 Å². The topological polar surface area (TPSA) is 12.5 Å². The van der Waals surface area contributed by atoms with Gasteiger partial charge in [0.2, 0.25) is 0 Å². The average molecular weight is 205 g/mol. The highest BCUT2D eigenvalue weighted by Crippen LogP contribution is 2.21. The van der Waals surface area contributed by atoms with Crippen LogP contribution < -0.4 is 4.74 Å². The van der Waals surface area contributed by atoms with Crippen molar-refractivity contribution < 1.29 is 4.74 Å². The highest BCUT2D eigenvalue weighted by molar-refractivity contribution is 5.33. The Labute approximate surface area is 91.9 Å². The molecule has 0 unspecified atom stereocenters. The molecule has 0 aliphatic carbocycles. The fourth-order valence-electron chi connectivity index (χ4n) is 2.11. The fraction of sp³-hybridized carbons (Fsp3) is 0.538. The van der Waals surface area contributed by atoms with Gasteiger partial charge in [-0.2, -0.15) is 0 Å². The number of hydrogen-bond acceptors (Lipinski definition) is 2. The first-order valence-corrected chi connectivity index (χ1v) is 5.83. The molecule has 2 rings (SSSR count). The van der Waals surface area contributed by atoms with Gasteiger partial charge >= 0.3 is 0 Å². The van der Waals surface area contributed by atoms with Crippen LogP contribution in [-0.2, 0) is 6.54 Å². The van der Waals surface area contributed by atoms with Gasteiger partial charge in [-0.3, -0.25) is 4.90 Å². The summed E-state index contributed by atoms with van der Waals surface area (Å²) >= 11 is 0. The number of hydrogen-bond donors (Lipinski definition) is 0. The van der Waals surface area contributed by atoms with Crippen LogP contribution in [0.25, 0.3) is 0 Å². The van der Waals surface area contributed by atoms with E-state index in [9.17, 15) is 0 Å². The minimum absolute atomic E-state index is 0.747. The van der Waals surface area contributed by atoms with Crippen LogP contribution in [0.2, 0.25) is 0 Å². The lowest BCUT2D eigenvalue weighted by molar-refractivity contribution is 0.305. The van der Waals surface area contributed by atoms with Crippen LogP contribution in [0.5, 0.6) is 5.75 Å². The van der Waals surface area contributed by atoms with E-state index in [2.05, 4.69) is 23.1 Å². The molecule has 0 N–H and O–H groups in total. The first-order valence-electron chi connectivity index (χ1n) is 5.83. The lowest BCUT2D eigenvalue weighted by Crippen LogP contribution is -2.18. The number of para-hydroxylation sites is 1. The van der Waals surface area contributed by atoms with Crippen LogP contribution in [0.15, 0.2) is 24.3 Å². The molecule has 1 aromatic carbocycles. The summed E-state index contributed by atoms with van der Waals surface area (Å²) in [6.45, 7) is 6.29. The van der Waals surface area contributed by atoms with Crippen LogP contribution in [0, 0.1) is 0 Å². The standard InChI is InChI=1S/C13H19NO/c1-2-15-13-8-4-3-7-12(13)11-14-9-5-6-10-14/h3-4,7-8H,2,5-6,9-11H2,1H3. The van der Waals surface area contributed by atoms with Crippen LogP contribution in [0.1, 0.15) is 25.3 Å². The Morgan fingerprint density at radius 2 is 1.93 bits per heavy atom. The molecule has 1 heterocycles. The zero-order valence-electron chi connectivity index (χ0n) is 9.41. The van der Waals surface area contributed by atoms with E-state index in [0.717, 1.165) is 18.9 Å².